The third kappa shape index (κ3) is 4.38. The minimum atomic E-state index is 0.618. The Balaban J connectivity index is 2.52. The van der Waals surface area contributed by atoms with Crippen LogP contribution in [0.25, 0.3) is 0 Å². The third-order valence-electron chi connectivity index (χ3n) is 3.52. The third-order valence-corrected chi connectivity index (χ3v) is 3.52. The fraction of sp³-hybridized carbons (Fsp3) is 0.857. The first kappa shape index (κ1) is 12.8. The molecule has 88 valence electrons. The van der Waals surface area contributed by atoms with Crippen LogP contribution >= 0.6 is 0 Å². The Hall–Kier alpha value is -0.300. The fourth-order valence-corrected chi connectivity index (χ4v) is 2.60. The van der Waals surface area contributed by atoms with E-state index in [1.807, 2.05) is 0 Å². The van der Waals surface area contributed by atoms with Crippen molar-refractivity contribution in [3.8, 4) is 0 Å². The van der Waals surface area contributed by atoms with Gasteiger partial charge in [-0.15, -0.1) is 0 Å². The van der Waals surface area contributed by atoms with Gasteiger partial charge in [0.1, 0.15) is 0 Å². The first-order chi connectivity index (χ1) is 7.13. The van der Waals surface area contributed by atoms with Crippen molar-refractivity contribution < 1.29 is 0 Å². The van der Waals surface area contributed by atoms with Crippen LogP contribution in [0.2, 0.25) is 0 Å². The van der Waals surface area contributed by atoms with Crippen LogP contribution in [-0.4, -0.2) is 12.6 Å². The van der Waals surface area contributed by atoms with Gasteiger partial charge in [0.05, 0.1) is 0 Å². The summed E-state index contributed by atoms with van der Waals surface area (Å²) in [5.41, 5.74) is 1.44. The zero-order valence-corrected chi connectivity index (χ0v) is 10.8. The number of likely N-dealkylation sites (N-methyl/N-ethyl adjacent to an activating group) is 1. The van der Waals surface area contributed by atoms with Gasteiger partial charge >= 0.3 is 0 Å². The first-order valence-corrected chi connectivity index (χ1v) is 6.52. The van der Waals surface area contributed by atoms with Crippen LogP contribution in [0.4, 0.5) is 0 Å². The molecule has 0 heterocycles. The van der Waals surface area contributed by atoms with Crippen LogP contribution in [0.15, 0.2) is 11.6 Å². The Morgan fingerprint density at radius 3 is 2.33 bits per heavy atom. The monoisotopic (exact) mass is 209 g/mol. The van der Waals surface area contributed by atoms with E-state index in [0.717, 1.165) is 18.4 Å². The number of allylic oxidation sites excluding steroid dienone is 1. The molecule has 1 rings (SSSR count). The molecule has 0 saturated heterocycles. The van der Waals surface area contributed by atoms with Crippen LogP contribution in [0.5, 0.6) is 0 Å². The summed E-state index contributed by atoms with van der Waals surface area (Å²) >= 11 is 0. The Labute approximate surface area is 95.3 Å². The normalized spacial score (nSPS) is 28.5. The van der Waals surface area contributed by atoms with E-state index < -0.39 is 0 Å². The molecule has 1 atom stereocenters. The Morgan fingerprint density at radius 2 is 1.87 bits per heavy atom. The molecule has 1 saturated carbocycles. The van der Waals surface area contributed by atoms with Crippen molar-refractivity contribution in [1.82, 2.24) is 5.32 Å². The van der Waals surface area contributed by atoms with Crippen molar-refractivity contribution >= 4 is 0 Å². The van der Waals surface area contributed by atoms with Gasteiger partial charge in [-0.1, -0.05) is 38.3 Å². The Bertz CT molecular complexity index is 195. The molecule has 1 nitrogen and oxygen atoms in total. The molecular weight excluding hydrogens is 182 g/mol. The maximum absolute atomic E-state index is 3.62. The maximum atomic E-state index is 3.62. The van der Waals surface area contributed by atoms with Gasteiger partial charge in [0.2, 0.25) is 0 Å². The topological polar surface area (TPSA) is 12.0 Å². The van der Waals surface area contributed by atoms with Gasteiger partial charge in [-0.3, -0.25) is 0 Å². The van der Waals surface area contributed by atoms with Crippen LogP contribution in [0, 0.1) is 11.8 Å². The zero-order valence-electron chi connectivity index (χ0n) is 10.8. The molecule has 0 aliphatic heterocycles. The van der Waals surface area contributed by atoms with Crippen molar-refractivity contribution in [1.29, 1.82) is 0 Å². The summed E-state index contributed by atoms with van der Waals surface area (Å²) in [7, 11) is 0. The lowest BCUT2D eigenvalue weighted by atomic mass is 9.79. The lowest BCUT2D eigenvalue weighted by Crippen LogP contribution is -2.36. The summed E-state index contributed by atoms with van der Waals surface area (Å²) in [6.07, 6.45) is 8.07. The highest BCUT2D eigenvalue weighted by atomic mass is 14.9. The molecule has 1 aliphatic rings. The second kappa shape index (κ2) is 6.32. The van der Waals surface area contributed by atoms with Crippen molar-refractivity contribution in [2.24, 2.45) is 11.8 Å². The van der Waals surface area contributed by atoms with E-state index in [2.05, 4.69) is 39.1 Å². The smallest absolute Gasteiger partial charge is 0.0280 e. The molecule has 1 aliphatic carbocycles. The molecule has 0 spiro atoms. The van der Waals surface area contributed by atoms with Crippen molar-refractivity contribution in [2.45, 2.75) is 59.4 Å². The molecule has 1 heteroatoms. The quantitative estimate of drug-likeness (QED) is 0.695. The van der Waals surface area contributed by atoms with E-state index in [-0.39, 0.29) is 0 Å². The molecule has 15 heavy (non-hydrogen) atoms. The van der Waals surface area contributed by atoms with Gasteiger partial charge in [-0.2, -0.15) is 0 Å². The van der Waals surface area contributed by atoms with Gasteiger partial charge in [0.15, 0.2) is 0 Å². The summed E-state index contributed by atoms with van der Waals surface area (Å²) in [5.74, 6) is 1.83. The highest BCUT2D eigenvalue weighted by Crippen LogP contribution is 2.31. The number of hydrogen-bond donors (Lipinski definition) is 1. The summed E-state index contributed by atoms with van der Waals surface area (Å²) in [4.78, 5) is 0. The van der Waals surface area contributed by atoms with E-state index in [1.54, 1.807) is 0 Å². The standard InChI is InChI=1S/C14H27N/c1-5-15-14(10-11(2)3)13-8-6-12(4)7-9-13/h10,12-15H,5-9H2,1-4H3. The van der Waals surface area contributed by atoms with Crippen LogP contribution < -0.4 is 5.32 Å². The number of nitrogens with one attached hydrogen (secondary N) is 1. The van der Waals surface area contributed by atoms with Gasteiger partial charge in [-0.05, 0) is 45.1 Å². The van der Waals surface area contributed by atoms with Crippen LogP contribution in [0.1, 0.15) is 53.4 Å². The van der Waals surface area contributed by atoms with Gasteiger partial charge in [0, 0.05) is 6.04 Å². The SMILES string of the molecule is CCNC(C=C(C)C)C1CCC(C)CC1. The molecule has 0 aromatic heterocycles. The Morgan fingerprint density at radius 1 is 1.27 bits per heavy atom. The van der Waals surface area contributed by atoms with Crippen molar-refractivity contribution in [2.75, 3.05) is 6.54 Å². The molecule has 0 aromatic carbocycles. The first-order valence-electron chi connectivity index (χ1n) is 6.52. The average Bonchev–Trinajstić information content (AvgIpc) is 2.17. The predicted molar refractivity (Wildman–Crippen MR) is 68.0 cm³/mol. The minimum Gasteiger partial charge on any atom is -0.311 e. The molecule has 1 fully saturated rings. The summed E-state index contributed by atoms with van der Waals surface area (Å²) in [5, 5.41) is 3.62. The van der Waals surface area contributed by atoms with E-state index in [1.165, 1.54) is 31.3 Å². The number of hydrogen-bond acceptors (Lipinski definition) is 1. The number of rotatable bonds is 4. The predicted octanol–water partition coefficient (Wildman–Crippen LogP) is 3.76. The van der Waals surface area contributed by atoms with Crippen LogP contribution in [-0.2, 0) is 0 Å². The van der Waals surface area contributed by atoms with E-state index in [9.17, 15) is 0 Å². The Kier molecular flexibility index (Phi) is 5.38. The second-order valence-corrected chi connectivity index (χ2v) is 5.35. The van der Waals surface area contributed by atoms with Crippen molar-refractivity contribution in [3.05, 3.63) is 11.6 Å². The molecule has 1 unspecified atom stereocenters. The average molecular weight is 209 g/mol. The van der Waals surface area contributed by atoms with E-state index >= 15 is 0 Å². The summed E-state index contributed by atoms with van der Waals surface area (Å²) < 4.78 is 0. The van der Waals surface area contributed by atoms with Crippen LogP contribution in [0.3, 0.4) is 0 Å². The molecule has 0 amide bonds. The van der Waals surface area contributed by atoms with Gasteiger partial charge in [-0.25, -0.2) is 0 Å². The highest BCUT2D eigenvalue weighted by Gasteiger charge is 2.23. The van der Waals surface area contributed by atoms with E-state index in [0.29, 0.717) is 6.04 Å². The lowest BCUT2D eigenvalue weighted by Gasteiger charge is -2.32. The molecule has 0 bridgehead atoms. The zero-order chi connectivity index (χ0) is 11.3. The molecule has 0 radical (unpaired) electrons. The molecule has 0 aromatic rings. The van der Waals surface area contributed by atoms with Gasteiger partial charge < -0.3 is 5.32 Å². The second-order valence-electron chi connectivity index (χ2n) is 5.35. The maximum Gasteiger partial charge on any atom is 0.0280 e. The lowest BCUT2D eigenvalue weighted by molar-refractivity contribution is 0.254. The molecule has 1 N–H and O–H groups in total. The molecular formula is C14H27N. The van der Waals surface area contributed by atoms with Crippen molar-refractivity contribution in [3.63, 3.8) is 0 Å². The highest BCUT2D eigenvalue weighted by molar-refractivity contribution is 5.03. The van der Waals surface area contributed by atoms with Gasteiger partial charge in [0.25, 0.3) is 0 Å². The summed E-state index contributed by atoms with van der Waals surface area (Å²) in [6.45, 7) is 10.1. The minimum absolute atomic E-state index is 0.618. The largest absolute Gasteiger partial charge is 0.311 e. The van der Waals surface area contributed by atoms with E-state index in [4.69, 9.17) is 0 Å². The summed E-state index contributed by atoms with van der Waals surface area (Å²) in [6, 6.07) is 0.618. The fourth-order valence-electron chi connectivity index (χ4n) is 2.60.